The van der Waals surface area contributed by atoms with Gasteiger partial charge in [0.25, 0.3) is 0 Å². The maximum atomic E-state index is 5.92. The van der Waals surface area contributed by atoms with E-state index in [9.17, 15) is 0 Å². The number of anilines is 1. The van der Waals surface area contributed by atoms with Crippen molar-refractivity contribution < 1.29 is 4.52 Å². The second kappa shape index (κ2) is 5.79. The summed E-state index contributed by atoms with van der Waals surface area (Å²) in [5.41, 5.74) is 11.2. The van der Waals surface area contributed by atoms with Gasteiger partial charge in [0.15, 0.2) is 0 Å². The van der Waals surface area contributed by atoms with Crippen LogP contribution in [0.25, 0.3) is 11.1 Å². The summed E-state index contributed by atoms with van der Waals surface area (Å²) in [7, 11) is 0. The Morgan fingerprint density at radius 1 is 1.10 bits per heavy atom. The summed E-state index contributed by atoms with van der Waals surface area (Å²) in [6.45, 7) is 2.10. The summed E-state index contributed by atoms with van der Waals surface area (Å²) in [4.78, 5) is 4.03. The minimum atomic E-state index is 0.362. The highest BCUT2D eigenvalue weighted by Crippen LogP contribution is 2.29. The van der Waals surface area contributed by atoms with Crippen LogP contribution < -0.4 is 5.73 Å². The molecule has 0 saturated carbocycles. The van der Waals surface area contributed by atoms with E-state index < -0.39 is 0 Å². The first-order valence-electron chi connectivity index (χ1n) is 6.94. The quantitative estimate of drug-likeness (QED) is 0.794. The lowest BCUT2D eigenvalue weighted by Crippen LogP contribution is -1.95. The van der Waals surface area contributed by atoms with Gasteiger partial charge >= 0.3 is 0 Å². The number of nitrogens with zero attached hydrogens (tertiary/aromatic N) is 2. The Hall–Kier alpha value is -2.62. The molecule has 0 unspecified atom stereocenters. The van der Waals surface area contributed by atoms with Crippen LogP contribution in [0.3, 0.4) is 0 Å². The molecule has 0 aliphatic carbocycles. The van der Waals surface area contributed by atoms with Gasteiger partial charge in [-0.15, -0.1) is 0 Å². The highest BCUT2D eigenvalue weighted by molar-refractivity contribution is 5.74. The normalized spacial score (nSPS) is 10.7. The van der Waals surface area contributed by atoms with Crippen LogP contribution in [0.5, 0.6) is 0 Å². The fourth-order valence-electron chi connectivity index (χ4n) is 2.47. The van der Waals surface area contributed by atoms with Crippen LogP contribution in [0.1, 0.15) is 16.8 Å². The molecule has 0 bridgehead atoms. The molecule has 21 heavy (non-hydrogen) atoms. The summed E-state index contributed by atoms with van der Waals surface area (Å²) in [5, 5.41) is 4.11. The number of aromatic nitrogens is 2. The summed E-state index contributed by atoms with van der Waals surface area (Å²) >= 11 is 0. The van der Waals surface area contributed by atoms with E-state index >= 15 is 0 Å². The largest absolute Gasteiger partial charge is 0.367 e. The predicted molar refractivity (Wildman–Crippen MR) is 82.7 cm³/mol. The fourth-order valence-corrected chi connectivity index (χ4v) is 2.47. The molecule has 0 aliphatic heterocycles. The van der Waals surface area contributed by atoms with Gasteiger partial charge in [0, 0.05) is 12.4 Å². The molecule has 0 radical (unpaired) electrons. The first-order chi connectivity index (χ1) is 10.2. The molecule has 3 rings (SSSR count). The third-order valence-corrected chi connectivity index (χ3v) is 3.49. The molecule has 1 aromatic carbocycles. The Balaban J connectivity index is 1.84. The molecular weight excluding hydrogens is 262 g/mol. The molecular formula is C17H17N3O. The number of benzene rings is 1. The number of nitrogen functional groups attached to an aromatic ring is 1. The summed E-state index contributed by atoms with van der Waals surface area (Å²) in [6.07, 6.45) is 5.19. The summed E-state index contributed by atoms with van der Waals surface area (Å²) in [6, 6.07) is 12.3. The van der Waals surface area contributed by atoms with Crippen molar-refractivity contribution in [3.05, 3.63) is 65.6 Å². The lowest BCUT2D eigenvalue weighted by molar-refractivity contribution is 0.427. The van der Waals surface area contributed by atoms with Crippen molar-refractivity contribution in [1.82, 2.24) is 10.1 Å². The number of hydrogen-bond acceptors (Lipinski definition) is 4. The number of rotatable bonds is 4. The Morgan fingerprint density at radius 3 is 2.67 bits per heavy atom. The average Bonchev–Trinajstić information content (AvgIpc) is 2.87. The molecule has 0 atom stereocenters. The van der Waals surface area contributed by atoms with Crippen LogP contribution in [0.15, 0.2) is 53.3 Å². The number of aryl methyl sites for hydroxylation is 3. The number of nitrogens with two attached hydrogens (primary N) is 1. The predicted octanol–water partition coefficient (Wildman–Crippen LogP) is 3.41. The van der Waals surface area contributed by atoms with Crippen molar-refractivity contribution in [1.29, 1.82) is 0 Å². The van der Waals surface area contributed by atoms with Crippen molar-refractivity contribution in [2.75, 3.05) is 5.73 Å². The van der Waals surface area contributed by atoms with Gasteiger partial charge in [0.2, 0.25) is 5.88 Å². The van der Waals surface area contributed by atoms with E-state index in [1.165, 1.54) is 11.1 Å². The van der Waals surface area contributed by atoms with E-state index in [2.05, 4.69) is 41.3 Å². The van der Waals surface area contributed by atoms with E-state index in [-0.39, 0.29) is 0 Å². The number of hydrogen-bond donors (Lipinski definition) is 1. The van der Waals surface area contributed by atoms with E-state index in [4.69, 9.17) is 10.3 Å². The van der Waals surface area contributed by atoms with E-state index in [1.807, 2.05) is 12.1 Å². The first-order valence-corrected chi connectivity index (χ1v) is 6.94. The van der Waals surface area contributed by atoms with E-state index in [0.29, 0.717) is 5.88 Å². The Kier molecular flexibility index (Phi) is 3.69. The second-order valence-corrected chi connectivity index (χ2v) is 5.09. The van der Waals surface area contributed by atoms with Crippen LogP contribution in [0.4, 0.5) is 5.88 Å². The average molecular weight is 279 g/mol. The lowest BCUT2D eigenvalue weighted by Gasteiger charge is -2.03. The zero-order valence-electron chi connectivity index (χ0n) is 11.9. The third kappa shape index (κ3) is 2.94. The smallest absolute Gasteiger partial charge is 0.230 e. The van der Waals surface area contributed by atoms with Crippen LogP contribution in [-0.4, -0.2) is 10.1 Å². The highest BCUT2D eigenvalue weighted by Gasteiger charge is 2.15. The topological polar surface area (TPSA) is 64.9 Å². The SMILES string of the molecule is Cc1cccc(CCc2noc(N)c2-c2ccncc2)c1. The Morgan fingerprint density at radius 2 is 1.90 bits per heavy atom. The maximum Gasteiger partial charge on any atom is 0.230 e. The molecule has 0 spiro atoms. The first kappa shape index (κ1) is 13.4. The van der Waals surface area contributed by atoms with E-state index in [0.717, 1.165) is 29.7 Å². The monoisotopic (exact) mass is 279 g/mol. The van der Waals surface area contributed by atoms with Crippen molar-refractivity contribution in [3.8, 4) is 11.1 Å². The van der Waals surface area contributed by atoms with Gasteiger partial charge in [0.1, 0.15) is 0 Å². The maximum absolute atomic E-state index is 5.92. The molecule has 2 N–H and O–H groups in total. The van der Waals surface area contributed by atoms with Crippen LogP contribution in [0.2, 0.25) is 0 Å². The second-order valence-electron chi connectivity index (χ2n) is 5.09. The highest BCUT2D eigenvalue weighted by atomic mass is 16.5. The molecule has 0 amide bonds. The summed E-state index contributed by atoms with van der Waals surface area (Å²) < 4.78 is 5.17. The molecule has 0 fully saturated rings. The van der Waals surface area contributed by atoms with Crippen LogP contribution in [0, 0.1) is 6.92 Å². The van der Waals surface area contributed by atoms with Gasteiger partial charge < -0.3 is 10.3 Å². The molecule has 106 valence electrons. The molecule has 0 saturated heterocycles. The van der Waals surface area contributed by atoms with Gasteiger partial charge in [-0.25, -0.2) is 0 Å². The van der Waals surface area contributed by atoms with Gasteiger partial charge in [-0.05, 0) is 43.0 Å². The number of pyridine rings is 1. The fraction of sp³-hybridized carbons (Fsp3) is 0.176. The molecule has 0 aliphatic rings. The standard InChI is InChI=1S/C17H17N3O/c1-12-3-2-4-13(11-12)5-6-15-16(17(18)21-20-15)14-7-9-19-10-8-14/h2-4,7-11H,5-6,18H2,1H3. The zero-order chi connectivity index (χ0) is 14.7. The van der Waals surface area contributed by atoms with Crippen molar-refractivity contribution in [2.24, 2.45) is 0 Å². The van der Waals surface area contributed by atoms with Gasteiger partial charge in [-0.3, -0.25) is 4.98 Å². The molecule has 4 nitrogen and oxygen atoms in total. The van der Waals surface area contributed by atoms with Crippen molar-refractivity contribution >= 4 is 5.88 Å². The molecule has 3 aromatic rings. The minimum absolute atomic E-state index is 0.362. The molecule has 2 aromatic heterocycles. The molecule has 2 heterocycles. The van der Waals surface area contributed by atoms with Crippen LogP contribution >= 0.6 is 0 Å². The van der Waals surface area contributed by atoms with Crippen molar-refractivity contribution in [2.45, 2.75) is 19.8 Å². The summed E-state index contributed by atoms with van der Waals surface area (Å²) in [5.74, 6) is 0.362. The van der Waals surface area contributed by atoms with E-state index in [1.54, 1.807) is 12.4 Å². The Bertz CT molecular complexity index is 735. The van der Waals surface area contributed by atoms with Crippen LogP contribution in [-0.2, 0) is 12.8 Å². The minimum Gasteiger partial charge on any atom is -0.367 e. The van der Waals surface area contributed by atoms with Gasteiger partial charge in [0.05, 0.1) is 11.3 Å². The lowest BCUT2D eigenvalue weighted by atomic mass is 10.0. The Labute approximate surface area is 123 Å². The van der Waals surface area contributed by atoms with Gasteiger partial charge in [-0.2, -0.15) is 0 Å². The zero-order valence-corrected chi connectivity index (χ0v) is 11.9. The molecule has 4 heteroatoms. The van der Waals surface area contributed by atoms with Gasteiger partial charge in [-0.1, -0.05) is 35.0 Å². The third-order valence-electron chi connectivity index (χ3n) is 3.49. The van der Waals surface area contributed by atoms with Crippen molar-refractivity contribution in [3.63, 3.8) is 0 Å².